The number of aliphatic carboxylic acids is 1. The minimum absolute atomic E-state index is 0.0349. The number of fused-ring (bicyclic) bond motifs is 2. The van der Waals surface area contributed by atoms with Gasteiger partial charge in [-0.05, 0) is 24.7 Å². The van der Waals surface area contributed by atoms with E-state index < -0.39 is 23.8 Å². The van der Waals surface area contributed by atoms with Crippen LogP contribution in [0.4, 0.5) is 0 Å². The lowest BCUT2D eigenvalue weighted by Crippen LogP contribution is -2.45. The molecule has 2 bridgehead atoms. The van der Waals surface area contributed by atoms with Gasteiger partial charge in [0.1, 0.15) is 6.61 Å². The van der Waals surface area contributed by atoms with Crippen molar-refractivity contribution in [2.24, 2.45) is 23.7 Å². The number of allylic oxidation sites excluding steroid dienone is 2. The molecule has 0 aromatic heterocycles. The van der Waals surface area contributed by atoms with Gasteiger partial charge in [0.15, 0.2) is 0 Å². The van der Waals surface area contributed by atoms with Crippen LogP contribution in [0, 0.1) is 23.7 Å². The summed E-state index contributed by atoms with van der Waals surface area (Å²) in [6.45, 7) is -0.303. The molecule has 0 saturated heterocycles. The predicted octanol–water partition coefficient (Wildman–Crippen LogP) is 0.435. The quantitative estimate of drug-likeness (QED) is 0.550. The van der Waals surface area contributed by atoms with E-state index in [1.54, 1.807) is 0 Å². The molecule has 4 unspecified atom stereocenters. The van der Waals surface area contributed by atoms with E-state index in [4.69, 9.17) is 9.84 Å². The molecule has 3 rings (SSSR count). The third kappa shape index (κ3) is 2.20. The summed E-state index contributed by atoms with van der Waals surface area (Å²) in [5, 5.41) is 17.8. The van der Waals surface area contributed by atoms with Crippen molar-refractivity contribution < 1.29 is 24.5 Å². The number of hydrogen-bond acceptors (Lipinski definition) is 4. The van der Waals surface area contributed by atoms with Gasteiger partial charge in [0.2, 0.25) is 0 Å². The van der Waals surface area contributed by atoms with Gasteiger partial charge >= 0.3 is 11.9 Å². The van der Waals surface area contributed by atoms with Crippen molar-refractivity contribution in [3.8, 4) is 0 Å². The smallest absolute Gasteiger partial charge is 0.310 e. The minimum Gasteiger partial charge on any atom is -0.481 e. The van der Waals surface area contributed by atoms with Crippen LogP contribution < -0.4 is 0 Å². The molecule has 0 aromatic rings. The highest BCUT2D eigenvalue weighted by Crippen LogP contribution is 2.45. The molecule has 5 nitrogen and oxygen atoms in total. The van der Waals surface area contributed by atoms with Crippen LogP contribution in [0.15, 0.2) is 12.2 Å². The molecule has 0 amide bonds. The van der Waals surface area contributed by atoms with Gasteiger partial charge in [0.05, 0.1) is 18.4 Å². The monoisotopic (exact) mass is 240 g/mol. The van der Waals surface area contributed by atoms with Gasteiger partial charge in [-0.25, -0.2) is 0 Å². The second-order valence-electron chi connectivity index (χ2n) is 4.57. The van der Waals surface area contributed by atoms with Crippen LogP contribution in [0.25, 0.3) is 0 Å². The molecule has 4 atom stereocenters. The first kappa shape index (κ1) is 12.1. The Morgan fingerprint density at radius 3 is 2.24 bits per heavy atom. The van der Waals surface area contributed by atoms with Crippen LogP contribution >= 0.6 is 0 Å². The molecule has 17 heavy (non-hydrogen) atoms. The number of carbonyl (C=O) groups is 2. The van der Waals surface area contributed by atoms with Gasteiger partial charge in [-0.2, -0.15) is 0 Å². The number of carbonyl (C=O) groups excluding carboxylic acids is 1. The molecule has 2 N–H and O–H groups in total. The number of ether oxygens (including phenoxy) is 1. The summed E-state index contributed by atoms with van der Waals surface area (Å²) in [5.41, 5.74) is 0. The Kier molecular flexibility index (Phi) is 3.47. The Morgan fingerprint density at radius 1 is 1.18 bits per heavy atom. The molecular weight excluding hydrogens is 224 g/mol. The molecule has 5 heteroatoms. The SMILES string of the molecule is O=C(O)C1C2C=CC(CC2)C1C(=O)OCCO. The molecule has 1 fully saturated rings. The topological polar surface area (TPSA) is 83.8 Å². The van der Waals surface area contributed by atoms with Crippen molar-refractivity contribution in [1.29, 1.82) is 0 Å². The van der Waals surface area contributed by atoms with Crippen molar-refractivity contribution in [3.05, 3.63) is 12.2 Å². The summed E-state index contributed by atoms with van der Waals surface area (Å²) in [6, 6.07) is 0. The molecular formula is C12H16O5. The van der Waals surface area contributed by atoms with Gasteiger partial charge < -0.3 is 14.9 Å². The zero-order chi connectivity index (χ0) is 12.4. The lowest BCUT2D eigenvalue weighted by molar-refractivity contribution is -0.164. The molecule has 0 spiro atoms. The number of esters is 1. The number of carboxylic acid groups (broad SMARTS) is 1. The van der Waals surface area contributed by atoms with E-state index in [0.717, 1.165) is 12.8 Å². The number of hydrogen-bond donors (Lipinski definition) is 2. The van der Waals surface area contributed by atoms with E-state index in [-0.39, 0.29) is 25.0 Å². The second kappa shape index (κ2) is 4.87. The first-order chi connectivity index (χ1) is 8.15. The largest absolute Gasteiger partial charge is 0.481 e. The van der Waals surface area contributed by atoms with Gasteiger partial charge in [-0.3, -0.25) is 9.59 Å². The van der Waals surface area contributed by atoms with E-state index >= 15 is 0 Å². The Labute approximate surface area is 99.1 Å². The number of rotatable bonds is 4. The van der Waals surface area contributed by atoms with Gasteiger partial charge in [0, 0.05) is 0 Å². The van der Waals surface area contributed by atoms with Crippen molar-refractivity contribution in [1.82, 2.24) is 0 Å². The van der Waals surface area contributed by atoms with Crippen LogP contribution in [0.2, 0.25) is 0 Å². The fourth-order valence-corrected chi connectivity index (χ4v) is 2.89. The first-order valence-corrected chi connectivity index (χ1v) is 5.83. The third-order valence-electron chi connectivity index (χ3n) is 3.64. The summed E-state index contributed by atoms with van der Waals surface area (Å²) in [5.74, 6) is -2.80. The van der Waals surface area contributed by atoms with Crippen LogP contribution in [0.3, 0.4) is 0 Å². The molecule has 0 aliphatic heterocycles. The van der Waals surface area contributed by atoms with Crippen LogP contribution in [0.1, 0.15) is 12.8 Å². The lowest BCUT2D eigenvalue weighted by Gasteiger charge is -2.41. The Hall–Kier alpha value is -1.36. The molecule has 0 aromatic carbocycles. The summed E-state index contributed by atoms with van der Waals surface area (Å²) in [4.78, 5) is 23.1. The Balaban J connectivity index is 2.15. The Morgan fingerprint density at radius 2 is 1.76 bits per heavy atom. The summed E-state index contributed by atoms with van der Waals surface area (Å²) < 4.78 is 4.88. The fraction of sp³-hybridized carbons (Fsp3) is 0.667. The van der Waals surface area contributed by atoms with E-state index in [1.165, 1.54) is 0 Å². The molecule has 3 aliphatic rings. The van der Waals surface area contributed by atoms with E-state index in [0.29, 0.717) is 0 Å². The highest BCUT2D eigenvalue weighted by Gasteiger charge is 2.48. The van der Waals surface area contributed by atoms with Gasteiger partial charge in [0.25, 0.3) is 0 Å². The van der Waals surface area contributed by atoms with Crippen molar-refractivity contribution in [3.63, 3.8) is 0 Å². The van der Waals surface area contributed by atoms with Crippen molar-refractivity contribution in [2.75, 3.05) is 13.2 Å². The first-order valence-electron chi connectivity index (χ1n) is 5.83. The maximum atomic E-state index is 11.8. The molecule has 0 heterocycles. The van der Waals surface area contributed by atoms with Crippen LogP contribution in [-0.4, -0.2) is 35.4 Å². The second-order valence-corrected chi connectivity index (χ2v) is 4.57. The highest BCUT2D eigenvalue weighted by atomic mass is 16.5. The van der Waals surface area contributed by atoms with Gasteiger partial charge in [-0.15, -0.1) is 0 Å². The van der Waals surface area contributed by atoms with E-state index in [1.807, 2.05) is 12.2 Å². The fourth-order valence-electron chi connectivity index (χ4n) is 2.89. The third-order valence-corrected chi connectivity index (χ3v) is 3.64. The van der Waals surface area contributed by atoms with Crippen molar-refractivity contribution >= 4 is 11.9 Å². The summed E-state index contributed by atoms with van der Waals surface area (Å²) in [7, 11) is 0. The lowest BCUT2D eigenvalue weighted by atomic mass is 9.62. The molecule has 0 radical (unpaired) electrons. The average Bonchev–Trinajstić information content (AvgIpc) is 2.36. The maximum Gasteiger partial charge on any atom is 0.310 e. The highest BCUT2D eigenvalue weighted by molar-refractivity contribution is 5.82. The minimum atomic E-state index is -0.935. The molecule has 1 saturated carbocycles. The average molecular weight is 240 g/mol. The summed E-state index contributed by atoms with van der Waals surface area (Å²) in [6.07, 6.45) is 5.49. The van der Waals surface area contributed by atoms with Gasteiger partial charge in [-0.1, -0.05) is 12.2 Å². The van der Waals surface area contributed by atoms with Crippen molar-refractivity contribution in [2.45, 2.75) is 12.8 Å². The number of aliphatic hydroxyl groups is 1. The number of carboxylic acids is 1. The van der Waals surface area contributed by atoms with Crippen LogP contribution in [0.5, 0.6) is 0 Å². The molecule has 3 aliphatic carbocycles. The summed E-state index contributed by atoms with van der Waals surface area (Å²) >= 11 is 0. The standard InChI is InChI=1S/C12H16O5/c13-5-6-17-12(16)10-8-3-1-7(2-4-8)9(10)11(14)15/h1,3,7-10,13H,2,4-6H2,(H,14,15). The molecule has 94 valence electrons. The number of aliphatic hydroxyl groups excluding tert-OH is 1. The predicted molar refractivity (Wildman–Crippen MR) is 58.0 cm³/mol. The maximum absolute atomic E-state index is 11.8. The van der Waals surface area contributed by atoms with E-state index in [9.17, 15) is 14.7 Å². The van der Waals surface area contributed by atoms with E-state index in [2.05, 4.69) is 0 Å². The zero-order valence-corrected chi connectivity index (χ0v) is 9.41. The normalized spacial score (nSPS) is 34.6. The zero-order valence-electron chi connectivity index (χ0n) is 9.41. The Bertz CT molecular complexity index is 349. The van der Waals surface area contributed by atoms with Crippen LogP contribution in [-0.2, 0) is 14.3 Å².